The Balaban J connectivity index is 0.00000103. The van der Waals surface area contributed by atoms with E-state index < -0.39 is 41.5 Å². The van der Waals surface area contributed by atoms with Crippen molar-refractivity contribution in [3.05, 3.63) is 95.3 Å². The number of aromatic nitrogens is 1. The molecule has 0 radical (unpaired) electrons. The molecule has 0 spiro atoms. The molecule has 214 valence electrons. The number of hydrogen-bond donors (Lipinski definition) is 0. The number of carbonyl (C=O) groups excluding carboxylic acids is 2. The van der Waals surface area contributed by atoms with Crippen LogP contribution in [0, 0.1) is 5.92 Å². The zero-order chi connectivity index (χ0) is 29.9. The van der Waals surface area contributed by atoms with Crippen LogP contribution < -0.4 is 4.90 Å². The fourth-order valence-electron chi connectivity index (χ4n) is 4.89. The van der Waals surface area contributed by atoms with E-state index in [2.05, 4.69) is 4.98 Å². The molecule has 40 heavy (non-hydrogen) atoms. The van der Waals surface area contributed by atoms with E-state index >= 15 is 0 Å². The van der Waals surface area contributed by atoms with Crippen molar-refractivity contribution in [2.75, 3.05) is 4.90 Å². The predicted molar refractivity (Wildman–Crippen MR) is 135 cm³/mol. The van der Waals surface area contributed by atoms with E-state index in [1.165, 1.54) is 24.3 Å². The summed E-state index contributed by atoms with van der Waals surface area (Å²) in [6.45, 7) is 4.36. The average molecular weight is 569 g/mol. The van der Waals surface area contributed by atoms with Gasteiger partial charge in [0.05, 0.1) is 6.04 Å². The van der Waals surface area contributed by atoms with Crippen LogP contribution in [0.1, 0.15) is 62.2 Å². The second-order valence-corrected chi connectivity index (χ2v) is 10.2. The third-order valence-corrected chi connectivity index (χ3v) is 6.71. The number of amides is 1. The van der Waals surface area contributed by atoms with Gasteiger partial charge < -0.3 is 4.90 Å². The van der Waals surface area contributed by atoms with E-state index in [-0.39, 0.29) is 23.6 Å². The van der Waals surface area contributed by atoms with Crippen molar-refractivity contribution in [1.29, 1.82) is 0 Å². The van der Waals surface area contributed by atoms with Crippen LogP contribution >= 0.6 is 0 Å². The summed E-state index contributed by atoms with van der Waals surface area (Å²) >= 11 is 0. The van der Waals surface area contributed by atoms with E-state index in [4.69, 9.17) is 4.79 Å². The van der Waals surface area contributed by atoms with Crippen molar-refractivity contribution >= 4 is 17.9 Å². The first kappa shape index (κ1) is 30.8. The Hall–Kier alpha value is -3.76. The molecule has 0 aliphatic carbocycles. The summed E-state index contributed by atoms with van der Waals surface area (Å²) in [5.74, 6) is -3.76. The smallest absolute Gasteiger partial charge is 0.305 e. The minimum absolute atomic E-state index is 0.141. The van der Waals surface area contributed by atoms with E-state index in [1.54, 1.807) is 55.1 Å². The molecule has 0 bridgehead atoms. The molecule has 4 nitrogen and oxygen atoms in total. The lowest BCUT2D eigenvalue weighted by Gasteiger charge is -2.28. The van der Waals surface area contributed by atoms with Gasteiger partial charge in [-0.15, -0.1) is 8.78 Å². The van der Waals surface area contributed by atoms with Gasteiger partial charge in [0.15, 0.2) is 0 Å². The molecule has 2 atom stereocenters. The lowest BCUT2D eigenvalue weighted by molar-refractivity contribution is -0.141. The summed E-state index contributed by atoms with van der Waals surface area (Å²) < 4.78 is 87.2. The van der Waals surface area contributed by atoms with Gasteiger partial charge in [0.1, 0.15) is 5.69 Å². The van der Waals surface area contributed by atoms with Crippen molar-refractivity contribution in [3.63, 3.8) is 0 Å². The molecule has 1 aromatic heterocycles. The number of benzene rings is 2. The quantitative estimate of drug-likeness (QED) is 0.221. The SMILES string of the molecule is CC(F)(F)c1cccc([C@H]2C[C@@H](CC(C)(C)c3cccc(C(F)(F)F)n3)C(=O)N2c2ccccc2)c1.O=C(F)F. The second kappa shape index (κ2) is 11.8. The van der Waals surface area contributed by atoms with Crippen LogP contribution in [0.3, 0.4) is 0 Å². The number of rotatable bonds is 6. The van der Waals surface area contributed by atoms with Crippen LogP contribution in [-0.2, 0) is 22.3 Å². The molecule has 0 saturated carbocycles. The van der Waals surface area contributed by atoms with Crippen LogP contribution in [-0.4, -0.2) is 17.2 Å². The molecule has 1 aliphatic rings. The number of para-hydroxylation sites is 1. The van der Waals surface area contributed by atoms with Crippen molar-refractivity contribution in [2.24, 2.45) is 5.92 Å². The van der Waals surface area contributed by atoms with Gasteiger partial charge in [0.2, 0.25) is 5.91 Å². The van der Waals surface area contributed by atoms with Crippen molar-refractivity contribution in [3.8, 4) is 0 Å². The number of hydrogen-bond acceptors (Lipinski definition) is 3. The van der Waals surface area contributed by atoms with E-state index in [0.717, 1.165) is 13.0 Å². The van der Waals surface area contributed by atoms with Crippen molar-refractivity contribution in [1.82, 2.24) is 4.98 Å². The van der Waals surface area contributed by atoms with Gasteiger partial charge in [-0.25, -0.2) is 18.6 Å². The van der Waals surface area contributed by atoms with Gasteiger partial charge in [0, 0.05) is 35.2 Å². The summed E-state index contributed by atoms with van der Waals surface area (Å²) in [7, 11) is 0. The second-order valence-electron chi connectivity index (χ2n) is 10.2. The monoisotopic (exact) mass is 568 g/mol. The van der Waals surface area contributed by atoms with E-state index in [1.807, 2.05) is 6.07 Å². The Morgan fingerprint density at radius 3 is 2.02 bits per heavy atom. The van der Waals surface area contributed by atoms with E-state index in [9.17, 15) is 35.5 Å². The summed E-state index contributed by atoms with van der Waals surface area (Å²) in [4.78, 5) is 27.3. The lowest BCUT2D eigenvalue weighted by atomic mass is 9.78. The molecule has 0 unspecified atom stereocenters. The van der Waals surface area contributed by atoms with Crippen LogP contribution in [0.2, 0.25) is 0 Å². The van der Waals surface area contributed by atoms with Gasteiger partial charge in [0.25, 0.3) is 5.92 Å². The van der Waals surface area contributed by atoms with Gasteiger partial charge in [-0.05, 0) is 48.7 Å². The number of carbonyl (C=O) groups is 2. The highest BCUT2D eigenvalue weighted by atomic mass is 19.4. The molecule has 4 rings (SSSR count). The largest absolute Gasteiger partial charge is 0.483 e. The molecule has 1 fully saturated rings. The molecule has 0 N–H and O–H groups in total. The Morgan fingerprint density at radius 2 is 1.45 bits per heavy atom. The molecular weight excluding hydrogens is 541 g/mol. The Bertz CT molecular complexity index is 1330. The third kappa shape index (κ3) is 7.45. The standard InChI is InChI=1S/C28H27F5N2O.CF2O/c1-26(2,23-13-8-14-24(34-23)28(31,32)33)17-19-16-22(18-9-7-10-20(15-18)27(3,29)30)35(25(19)36)21-11-5-4-6-12-21;2-1(3)4/h4-15,19,22H,16-17H2,1-3H3;/t19-,22+;/m0./s1. The molecule has 11 heteroatoms. The van der Waals surface area contributed by atoms with Gasteiger partial charge in [-0.3, -0.25) is 4.79 Å². The topological polar surface area (TPSA) is 50.3 Å². The van der Waals surface area contributed by atoms with Crippen LogP contribution in [0.5, 0.6) is 0 Å². The Morgan fingerprint density at radius 1 is 0.875 bits per heavy atom. The summed E-state index contributed by atoms with van der Waals surface area (Å²) in [6, 6.07) is 18.3. The molecule has 1 amide bonds. The fourth-order valence-corrected chi connectivity index (χ4v) is 4.89. The third-order valence-electron chi connectivity index (χ3n) is 6.71. The number of pyridine rings is 1. The molecule has 3 aromatic rings. The number of anilines is 1. The molecule has 2 aromatic carbocycles. The molecule has 1 saturated heterocycles. The highest BCUT2D eigenvalue weighted by Crippen LogP contribution is 2.45. The highest BCUT2D eigenvalue weighted by Gasteiger charge is 2.44. The zero-order valence-corrected chi connectivity index (χ0v) is 21.9. The predicted octanol–water partition coefficient (Wildman–Crippen LogP) is 8.72. The zero-order valence-electron chi connectivity index (χ0n) is 21.9. The van der Waals surface area contributed by atoms with Crippen molar-refractivity contribution < 1.29 is 40.3 Å². The van der Waals surface area contributed by atoms with Gasteiger partial charge in [-0.1, -0.05) is 56.3 Å². The Kier molecular flexibility index (Phi) is 9.06. The number of halogens is 7. The lowest BCUT2D eigenvalue weighted by Crippen LogP contribution is -2.32. The first-order valence-corrected chi connectivity index (χ1v) is 12.3. The highest BCUT2D eigenvalue weighted by molar-refractivity contribution is 5.98. The molecule has 2 heterocycles. The summed E-state index contributed by atoms with van der Waals surface area (Å²) in [6.07, 6.45) is -6.81. The number of alkyl halides is 5. The van der Waals surface area contributed by atoms with Crippen LogP contribution in [0.15, 0.2) is 72.8 Å². The molecular formula is C29H27F7N2O2. The van der Waals surface area contributed by atoms with Gasteiger partial charge in [-0.2, -0.15) is 13.2 Å². The maximum Gasteiger partial charge on any atom is 0.483 e. The summed E-state index contributed by atoms with van der Waals surface area (Å²) in [5.41, 5.74) is -0.490. The summed E-state index contributed by atoms with van der Waals surface area (Å²) in [5, 5.41) is 0. The fraction of sp³-hybridized carbons (Fsp3) is 0.345. The number of nitrogens with zero attached hydrogens (tertiary/aromatic N) is 2. The maximum absolute atomic E-state index is 14.1. The average Bonchev–Trinajstić information content (AvgIpc) is 3.18. The first-order valence-electron chi connectivity index (χ1n) is 12.3. The normalized spacial score (nSPS) is 17.9. The van der Waals surface area contributed by atoms with Gasteiger partial charge >= 0.3 is 12.5 Å². The van der Waals surface area contributed by atoms with Crippen molar-refractivity contribution in [2.45, 2.75) is 57.2 Å². The molecule has 1 aliphatic heterocycles. The Labute approximate surface area is 226 Å². The van der Waals surface area contributed by atoms with Crippen LogP contribution in [0.25, 0.3) is 0 Å². The first-order chi connectivity index (χ1) is 18.5. The minimum Gasteiger partial charge on any atom is -0.305 e. The maximum atomic E-state index is 14.1. The van der Waals surface area contributed by atoms with Crippen LogP contribution in [0.4, 0.5) is 41.2 Å². The van der Waals surface area contributed by atoms with E-state index in [0.29, 0.717) is 17.7 Å². The minimum atomic E-state index is -4.57.